The van der Waals surface area contributed by atoms with Gasteiger partial charge in [-0.3, -0.25) is 4.57 Å². The molecule has 56 heavy (non-hydrogen) atoms. The minimum atomic E-state index is -0.134. The number of aromatic nitrogens is 2. The van der Waals surface area contributed by atoms with Crippen LogP contribution in [-0.2, 0) is 10.8 Å². The van der Waals surface area contributed by atoms with E-state index in [2.05, 4.69) is 189 Å². The normalized spacial score (nSPS) is 17.7. The highest BCUT2D eigenvalue weighted by atomic mass is 16.3. The summed E-state index contributed by atoms with van der Waals surface area (Å²) in [5.74, 6) is 3.43. The van der Waals surface area contributed by atoms with Gasteiger partial charge in [-0.1, -0.05) is 147 Å². The van der Waals surface area contributed by atoms with Crippen molar-refractivity contribution in [1.82, 2.24) is 9.55 Å². The molecule has 1 unspecified atom stereocenters. The van der Waals surface area contributed by atoms with E-state index in [1.54, 1.807) is 0 Å². The summed E-state index contributed by atoms with van der Waals surface area (Å²) in [6, 6.07) is 40.4. The molecule has 282 valence electrons. The van der Waals surface area contributed by atoms with Gasteiger partial charge < -0.3 is 4.42 Å². The first kappa shape index (κ1) is 36.2. The molecule has 2 aliphatic rings. The first-order valence-electron chi connectivity index (χ1n) is 20.5. The molecule has 3 nitrogen and oxygen atoms in total. The molecule has 0 bridgehead atoms. The molecule has 0 saturated heterocycles. The third kappa shape index (κ3) is 5.49. The fourth-order valence-electron chi connectivity index (χ4n) is 9.92. The number of rotatable bonds is 8. The molecule has 3 heteroatoms. The van der Waals surface area contributed by atoms with Crippen molar-refractivity contribution in [2.75, 3.05) is 0 Å². The number of fused-ring (bicyclic) bond motifs is 3. The van der Waals surface area contributed by atoms with Gasteiger partial charge in [0, 0.05) is 34.5 Å². The van der Waals surface area contributed by atoms with Crippen LogP contribution in [0.2, 0.25) is 0 Å². The summed E-state index contributed by atoms with van der Waals surface area (Å²) in [5, 5.41) is 0. The summed E-state index contributed by atoms with van der Waals surface area (Å²) in [6.45, 7) is 23.3. The SMILES string of the molecule is Cc1cc(-c2cccc3c2C(C)(C)c2ccccc2-3)oc1-c1ccc(C2(C)CC2(C)C)c(-c2nccn2-c2c(C(C)C)cc(-c3ccccc3)cc2C(C)C)c1. The van der Waals surface area contributed by atoms with Crippen molar-refractivity contribution >= 4 is 0 Å². The van der Waals surface area contributed by atoms with Crippen LogP contribution in [0.25, 0.3) is 62.0 Å². The predicted octanol–water partition coefficient (Wildman–Crippen LogP) is 14.7. The van der Waals surface area contributed by atoms with Gasteiger partial charge in [-0.05, 0) is 116 Å². The first-order valence-corrected chi connectivity index (χ1v) is 20.5. The molecule has 0 aliphatic heterocycles. The summed E-state index contributed by atoms with van der Waals surface area (Å²) in [5.41, 5.74) is 17.7. The fourth-order valence-corrected chi connectivity index (χ4v) is 9.92. The third-order valence-corrected chi connectivity index (χ3v) is 13.4. The zero-order valence-electron chi connectivity index (χ0n) is 34.7. The Kier molecular flexibility index (Phi) is 8.29. The van der Waals surface area contributed by atoms with Crippen molar-refractivity contribution < 1.29 is 4.42 Å². The highest BCUT2D eigenvalue weighted by Crippen LogP contribution is 2.65. The van der Waals surface area contributed by atoms with Gasteiger partial charge in [0.1, 0.15) is 17.3 Å². The van der Waals surface area contributed by atoms with Gasteiger partial charge >= 0.3 is 0 Å². The van der Waals surface area contributed by atoms with Crippen LogP contribution in [0, 0.1) is 12.3 Å². The molecule has 2 aromatic heterocycles. The molecule has 5 aromatic carbocycles. The van der Waals surface area contributed by atoms with Crippen LogP contribution < -0.4 is 0 Å². The number of hydrogen-bond acceptors (Lipinski definition) is 2. The molecule has 2 heterocycles. The molecular weight excluding hydrogens is 681 g/mol. The molecular formula is C53H54N2O. The third-order valence-electron chi connectivity index (χ3n) is 13.4. The quantitative estimate of drug-likeness (QED) is 0.156. The fraction of sp³-hybridized carbons (Fsp3) is 0.302. The molecule has 0 N–H and O–H groups in total. The van der Waals surface area contributed by atoms with Crippen LogP contribution in [0.4, 0.5) is 0 Å². The summed E-state index contributed by atoms with van der Waals surface area (Å²) >= 11 is 0. The second-order valence-electron chi connectivity index (χ2n) is 18.5. The van der Waals surface area contributed by atoms with E-state index in [1.807, 2.05) is 6.20 Å². The van der Waals surface area contributed by atoms with Gasteiger partial charge in [0.15, 0.2) is 0 Å². The van der Waals surface area contributed by atoms with Gasteiger partial charge in [0.2, 0.25) is 0 Å². The monoisotopic (exact) mass is 734 g/mol. The van der Waals surface area contributed by atoms with Crippen molar-refractivity contribution in [2.45, 2.75) is 98.3 Å². The Labute approximate surface area is 333 Å². The van der Waals surface area contributed by atoms with E-state index in [-0.39, 0.29) is 16.2 Å². The lowest BCUT2D eigenvalue weighted by atomic mass is 9.80. The number of furan rings is 1. The van der Waals surface area contributed by atoms with Crippen LogP contribution in [0.15, 0.2) is 126 Å². The molecule has 0 amide bonds. The molecule has 1 atom stereocenters. The highest BCUT2D eigenvalue weighted by molar-refractivity contribution is 5.88. The van der Waals surface area contributed by atoms with E-state index < -0.39 is 0 Å². The van der Waals surface area contributed by atoms with Crippen LogP contribution >= 0.6 is 0 Å². The van der Waals surface area contributed by atoms with E-state index in [1.165, 1.54) is 66.9 Å². The van der Waals surface area contributed by atoms with E-state index in [9.17, 15) is 0 Å². The maximum Gasteiger partial charge on any atom is 0.144 e. The standard InChI is InChI=1S/C53H54N2O/c1-32(2)41-29-37(35-17-12-11-13-18-35)30-42(33(3)4)48(41)55-26-25-54-50(55)43-28-36(23-24-45(43)53(10)31-51(53,6)7)49-34(5)27-46(56-49)40-21-16-20-39-38-19-14-15-22-44(38)52(8,9)47(39)40/h11-30,32-33H,31H2,1-10H3. The van der Waals surface area contributed by atoms with E-state index in [4.69, 9.17) is 9.40 Å². The smallest absolute Gasteiger partial charge is 0.144 e. The van der Waals surface area contributed by atoms with E-state index in [0.29, 0.717) is 11.8 Å². The Morgan fingerprint density at radius 2 is 1.27 bits per heavy atom. The molecule has 1 saturated carbocycles. The minimum absolute atomic E-state index is 0.0329. The average Bonchev–Trinajstić information content (AvgIpc) is 3.62. The Morgan fingerprint density at radius 1 is 0.625 bits per heavy atom. The van der Waals surface area contributed by atoms with E-state index in [0.717, 1.165) is 34.9 Å². The minimum Gasteiger partial charge on any atom is -0.456 e. The zero-order valence-corrected chi connectivity index (χ0v) is 34.7. The highest BCUT2D eigenvalue weighted by Gasteiger charge is 2.59. The van der Waals surface area contributed by atoms with Crippen molar-refractivity contribution in [3.05, 3.63) is 155 Å². The van der Waals surface area contributed by atoms with Gasteiger partial charge in [-0.25, -0.2) is 4.98 Å². The molecule has 2 aliphatic carbocycles. The van der Waals surface area contributed by atoms with Crippen molar-refractivity contribution in [3.8, 4) is 62.0 Å². The summed E-state index contributed by atoms with van der Waals surface area (Å²) < 4.78 is 9.39. The largest absolute Gasteiger partial charge is 0.456 e. The Bertz CT molecular complexity index is 2620. The van der Waals surface area contributed by atoms with Gasteiger partial charge in [0.05, 0.1) is 5.69 Å². The van der Waals surface area contributed by atoms with Gasteiger partial charge in [-0.15, -0.1) is 0 Å². The summed E-state index contributed by atoms with van der Waals surface area (Å²) in [7, 11) is 0. The lowest BCUT2D eigenvalue weighted by Crippen LogP contribution is -2.16. The number of aryl methyl sites for hydroxylation is 1. The molecule has 0 spiro atoms. The Morgan fingerprint density at radius 3 is 1.95 bits per heavy atom. The second-order valence-corrected chi connectivity index (χ2v) is 18.5. The lowest BCUT2D eigenvalue weighted by molar-refractivity contribution is 0.529. The van der Waals surface area contributed by atoms with Gasteiger partial charge in [0.25, 0.3) is 0 Å². The number of benzene rings is 5. The summed E-state index contributed by atoms with van der Waals surface area (Å²) in [6.07, 6.45) is 5.29. The van der Waals surface area contributed by atoms with Crippen LogP contribution in [-0.4, -0.2) is 9.55 Å². The maximum atomic E-state index is 7.00. The van der Waals surface area contributed by atoms with Crippen LogP contribution in [0.5, 0.6) is 0 Å². The van der Waals surface area contributed by atoms with E-state index >= 15 is 0 Å². The Balaban J connectivity index is 1.21. The number of nitrogens with zero attached hydrogens (tertiary/aromatic N) is 2. The average molecular weight is 735 g/mol. The van der Waals surface area contributed by atoms with Crippen molar-refractivity contribution in [3.63, 3.8) is 0 Å². The molecule has 1 fully saturated rings. The lowest BCUT2D eigenvalue weighted by Gasteiger charge is -2.25. The second kappa shape index (κ2) is 12.8. The predicted molar refractivity (Wildman–Crippen MR) is 234 cm³/mol. The molecule has 0 radical (unpaired) electrons. The van der Waals surface area contributed by atoms with Gasteiger partial charge in [-0.2, -0.15) is 0 Å². The Hall–Kier alpha value is -5.41. The first-order chi connectivity index (χ1) is 26.7. The van der Waals surface area contributed by atoms with Crippen LogP contribution in [0.3, 0.4) is 0 Å². The van der Waals surface area contributed by atoms with Crippen molar-refractivity contribution in [1.29, 1.82) is 0 Å². The molecule has 7 aromatic rings. The topological polar surface area (TPSA) is 31.0 Å². The van der Waals surface area contributed by atoms with Crippen LogP contribution in [0.1, 0.15) is 114 Å². The maximum absolute atomic E-state index is 7.00. The summed E-state index contributed by atoms with van der Waals surface area (Å²) in [4.78, 5) is 5.21. The zero-order chi connectivity index (χ0) is 39.3. The number of hydrogen-bond donors (Lipinski definition) is 0. The number of imidazole rings is 1. The molecule has 9 rings (SSSR count). The van der Waals surface area contributed by atoms with Crippen molar-refractivity contribution in [2.24, 2.45) is 5.41 Å².